The molecule has 4 rings (SSSR count). The first kappa shape index (κ1) is 26.1. The Morgan fingerprint density at radius 1 is 1.03 bits per heavy atom. The monoisotopic (exact) mass is 540 g/mol. The van der Waals surface area contributed by atoms with Gasteiger partial charge in [0.05, 0.1) is 23.0 Å². The third-order valence-electron chi connectivity index (χ3n) is 5.70. The molecule has 0 aliphatic rings. The highest BCUT2D eigenvalue weighted by atomic mass is 35.5. The van der Waals surface area contributed by atoms with E-state index < -0.39 is 21.5 Å². The second kappa shape index (κ2) is 10.5. The molecule has 9 nitrogen and oxygen atoms in total. The zero-order valence-corrected chi connectivity index (χ0v) is 21.9. The van der Waals surface area contributed by atoms with E-state index in [9.17, 15) is 18.0 Å². The molecule has 1 heterocycles. The number of nitrogens with one attached hydrogen (secondary N) is 2. The summed E-state index contributed by atoms with van der Waals surface area (Å²) in [4.78, 5) is 25.7. The van der Waals surface area contributed by atoms with Crippen molar-refractivity contribution in [2.24, 2.45) is 7.05 Å². The summed E-state index contributed by atoms with van der Waals surface area (Å²) in [7, 11) is -2.67. The summed E-state index contributed by atoms with van der Waals surface area (Å²) in [6.45, 7) is 4.01. The van der Waals surface area contributed by atoms with E-state index in [1.807, 2.05) is 13.0 Å². The number of hydrogen-bond acceptors (Lipinski definition) is 5. The van der Waals surface area contributed by atoms with Crippen LogP contribution in [0.4, 0.5) is 11.4 Å². The zero-order chi connectivity index (χ0) is 26.7. The van der Waals surface area contributed by atoms with Crippen LogP contribution in [0.25, 0.3) is 5.69 Å². The first-order chi connectivity index (χ1) is 17.6. The largest absolute Gasteiger partial charge is 0.494 e. The lowest BCUT2D eigenvalue weighted by Crippen LogP contribution is -2.23. The Bertz CT molecular complexity index is 1610. The fraction of sp³-hybridized carbons (Fsp3) is 0.154. The van der Waals surface area contributed by atoms with Crippen LogP contribution in [0.2, 0.25) is 5.02 Å². The molecule has 1 amide bonds. The minimum absolute atomic E-state index is 0.0742. The lowest BCUT2D eigenvalue weighted by atomic mass is 10.2. The molecule has 0 fully saturated rings. The predicted octanol–water partition coefficient (Wildman–Crippen LogP) is 4.59. The van der Waals surface area contributed by atoms with Crippen molar-refractivity contribution in [1.29, 1.82) is 0 Å². The maximum atomic E-state index is 13.3. The average Bonchev–Trinajstić information content (AvgIpc) is 3.08. The van der Waals surface area contributed by atoms with Gasteiger partial charge in [-0.3, -0.25) is 19.0 Å². The molecule has 37 heavy (non-hydrogen) atoms. The average molecular weight is 541 g/mol. The molecule has 0 saturated heterocycles. The van der Waals surface area contributed by atoms with Crippen molar-refractivity contribution < 1.29 is 17.9 Å². The molecule has 0 spiro atoms. The minimum atomic E-state index is -4.32. The van der Waals surface area contributed by atoms with Gasteiger partial charge in [0.15, 0.2) is 0 Å². The van der Waals surface area contributed by atoms with Gasteiger partial charge in [0.1, 0.15) is 16.3 Å². The van der Waals surface area contributed by atoms with Gasteiger partial charge in [-0.15, -0.1) is 0 Å². The van der Waals surface area contributed by atoms with Gasteiger partial charge in [0, 0.05) is 18.3 Å². The molecule has 0 atom stereocenters. The summed E-state index contributed by atoms with van der Waals surface area (Å²) in [6.07, 6.45) is 0. The number of anilines is 2. The van der Waals surface area contributed by atoms with E-state index in [0.29, 0.717) is 29.4 Å². The smallest absolute Gasteiger partial charge is 0.296 e. The van der Waals surface area contributed by atoms with Crippen molar-refractivity contribution in [2.45, 2.75) is 18.7 Å². The number of benzene rings is 3. The molecule has 2 N–H and O–H groups in total. The number of rotatable bonds is 8. The fourth-order valence-corrected chi connectivity index (χ4v) is 5.37. The number of nitrogens with zero attached hydrogens (tertiary/aromatic N) is 2. The number of sulfonamides is 1. The summed E-state index contributed by atoms with van der Waals surface area (Å²) in [5.74, 6) is 0.133. The number of carbonyl (C=O) groups is 1. The Morgan fingerprint density at radius 2 is 1.70 bits per heavy atom. The minimum Gasteiger partial charge on any atom is -0.494 e. The van der Waals surface area contributed by atoms with E-state index in [2.05, 4.69) is 10.0 Å². The molecule has 0 aliphatic carbocycles. The standard InChI is InChI=1S/C26H25ClN4O5S/c1-4-36-21-13-11-19(12-14-21)28-25(32)18-10-15-22(27)23(16-18)37(34,35)29-24-17(2)30(3)31(26(24)33)20-8-6-5-7-9-20/h5-16,29H,4H2,1-3H3,(H,28,32). The van der Waals surface area contributed by atoms with Gasteiger partial charge < -0.3 is 10.1 Å². The lowest BCUT2D eigenvalue weighted by molar-refractivity contribution is 0.102. The molecule has 1 aromatic heterocycles. The number of halogens is 1. The fourth-order valence-electron chi connectivity index (χ4n) is 3.73. The Labute approximate surface area is 219 Å². The van der Waals surface area contributed by atoms with Gasteiger partial charge in [-0.05, 0) is 68.4 Å². The highest BCUT2D eigenvalue weighted by molar-refractivity contribution is 7.92. The van der Waals surface area contributed by atoms with Gasteiger partial charge in [0.25, 0.3) is 21.5 Å². The number of aromatic nitrogens is 2. The second-order valence-electron chi connectivity index (χ2n) is 8.10. The van der Waals surface area contributed by atoms with Gasteiger partial charge >= 0.3 is 0 Å². The van der Waals surface area contributed by atoms with Crippen molar-refractivity contribution in [3.63, 3.8) is 0 Å². The van der Waals surface area contributed by atoms with E-state index in [0.717, 1.165) is 0 Å². The summed E-state index contributed by atoms with van der Waals surface area (Å²) in [6, 6.07) is 19.5. The van der Waals surface area contributed by atoms with Crippen LogP contribution in [0.3, 0.4) is 0 Å². The summed E-state index contributed by atoms with van der Waals surface area (Å²) < 4.78 is 37.3. The first-order valence-electron chi connectivity index (χ1n) is 11.3. The molecule has 0 unspecified atom stereocenters. The summed E-state index contributed by atoms with van der Waals surface area (Å²) >= 11 is 6.22. The SMILES string of the molecule is CCOc1ccc(NC(=O)c2ccc(Cl)c(S(=O)(=O)Nc3c(C)n(C)n(-c4ccccc4)c3=O)c2)cc1. The van der Waals surface area contributed by atoms with E-state index in [-0.39, 0.29) is 21.2 Å². The van der Waals surface area contributed by atoms with Crippen molar-refractivity contribution in [1.82, 2.24) is 9.36 Å². The third kappa shape index (κ3) is 5.40. The maximum Gasteiger partial charge on any atom is 0.296 e. The van der Waals surface area contributed by atoms with Crippen LogP contribution >= 0.6 is 11.6 Å². The molecule has 0 saturated carbocycles. The first-order valence-corrected chi connectivity index (χ1v) is 13.2. The van der Waals surface area contributed by atoms with E-state index >= 15 is 0 Å². The number of para-hydroxylation sites is 1. The van der Waals surface area contributed by atoms with Crippen LogP contribution in [0.1, 0.15) is 23.0 Å². The second-order valence-corrected chi connectivity index (χ2v) is 10.2. The normalized spacial score (nSPS) is 11.2. The van der Waals surface area contributed by atoms with Crippen LogP contribution in [0.15, 0.2) is 82.5 Å². The molecule has 0 aliphatic heterocycles. The van der Waals surface area contributed by atoms with Gasteiger partial charge in [-0.25, -0.2) is 13.1 Å². The molecule has 4 aromatic rings. The predicted molar refractivity (Wildman–Crippen MR) is 144 cm³/mol. The van der Waals surface area contributed by atoms with Crippen molar-refractivity contribution >= 4 is 38.9 Å². The zero-order valence-electron chi connectivity index (χ0n) is 20.4. The number of ether oxygens (including phenoxy) is 1. The molecular formula is C26H25ClN4O5S. The van der Waals surface area contributed by atoms with E-state index in [4.69, 9.17) is 16.3 Å². The summed E-state index contributed by atoms with van der Waals surface area (Å²) in [5.41, 5.74) is 0.895. The maximum absolute atomic E-state index is 13.3. The Balaban J connectivity index is 1.63. The van der Waals surface area contributed by atoms with Crippen LogP contribution in [-0.4, -0.2) is 30.3 Å². The Kier molecular flexibility index (Phi) is 7.42. The Hall–Kier alpha value is -4.02. The van der Waals surface area contributed by atoms with Crippen LogP contribution in [0, 0.1) is 6.92 Å². The number of amides is 1. The van der Waals surface area contributed by atoms with E-state index in [1.54, 1.807) is 67.2 Å². The molecule has 11 heteroatoms. The van der Waals surface area contributed by atoms with Gasteiger partial charge in [0.2, 0.25) is 0 Å². The quantitative estimate of drug-likeness (QED) is 0.339. The van der Waals surface area contributed by atoms with E-state index in [1.165, 1.54) is 22.9 Å². The van der Waals surface area contributed by atoms with Gasteiger partial charge in [-0.2, -0.15) is 0 Å². The van der Waals surface area contributed by atoms with Crippen LogP contribution < -0.4 is 20.3 Å². The van der Waals surface area contributed by atoms with Gasteiger partial charge in [-0.1, -0.05) is 29.8 Å². The highest BCUT2D eigenvalue weighted by Gasteiger charge is 2.25. The number of hydrogen-bond donors (Lipinski definition) is 2. The topological polar surface area (TPSA) is 111 Å². The van der Waals surface area contributed by atoms with Crippen molar-refractivity contribution in [2.75, 3.05) is 16.6 Å². The molecule has 3 aromatic carbocycles. The van der Waals surface area contributed by atoms with Crippen LogP contribution in [0.5, 0.6) is 5.75 Å². The van der Waals surface area contributed by atoms with Crippen molar-refractivity contribution in [3.05, 3.63) is 99.4 Å². The highest BCUT2D eigenvalue weighted by Crippen LogP contribution is 2.26. The number of carbonyl (C=O) groups excluding carboxylic acids is 1. The van der Waals surface area contributed by atoms with Crippen molar-refractivity contribution in [3.8, 4) is 11.4 Å². The summed E-state index contributed by atoms with van der Waals surface area (Å²) in [5, 5.41) is 2.62. The molecule has 0 radical (unpaired) electrons. The molecule has 192 valence electrons. The lowest BCUT2D eigenvalue weighted by Gasteiger charge is -2.11. The third-order valence-corrected chi connectivity index (χ3v) is 7.53. The van der Waals surface area contributed by atoms with Crippen LogP contribution in [-0.2, 0) is 17.1 Å². The Morgan fingerprint density at radius 3 is 2.35 bits per heavy atom. The molecule has 0 bridgehead atoms. The molecular weight excluding hydrogens is 516 g/mol.